The van der Waals surface area contributed by atoms with Crippen molar-refractivity contribution in [3.8, 4) is 16.9 Å². The van der Waals surface area contributed by atoms with Gasteiger partial charge in [0.05, 0.1) is 17.1 Å². The third-order valence-electron chi connectivity index (χ3n) is 7.18. The molecule has 1 fully saturated rings. The molecule has 4 heterocycles. The van der Waals surface area contributed by atoms with Crippen molar-refractivity contribution in [1.82, 2.24) is 19.4 Å². The van der Waals surface area contributed by atoms with Gasteiger partial charge in [0.25, 0.3) is 0 Å². The lowest BCUT2D eigenvalue weighted by Crippen LogP contribution is -2.44. The molecule has 0 radical (unpaired) electrons. The van der Waals surface area contributed by atoms with E-state index in [1.165, 1.54) is 6.07 Å². The largest absolute Gasteiger partial charge is 0.434 e. The molecule has 0 unspecified atom stereocenters. The molecule has 0 spiro atoms. The van der Waals surface area contributed by atoms with Gasteiger partial charge in [-0.3, -0.25) is 0 Å². The average molecular weight is 494 g/mol. The molecule has 0 saturated carbocycles. The van der Waals surface area contributed by atoms with E-state index in [0.29, 0.717) is 35.0 Å². The van der Waals surface area contributed by atoms with E-state index in [9.17, 15) is 8.78 Å². The number of ether oxygens (including phenoxy) is 1. The monoisotopic (exact) mass is 493 g/mol. The zero-order chi connectivity index (χ0) is 24.8. The maximum absolute atomic E-state index is 15.2. The summed E-state index contributed by atoms with van der Waals surface area (Å²) in [7, 11) is 2.11. The van der Waals surface area contributed by atoms with Crippen molar-refractivity contribution >= 4 is 16.9 Å². The van der Waals surface area contributed by atoms with Crippen molar-refractivity contribution in [3.63, 3.8) is 0 Å². The summed E-state index contributed by atoms with van der Waals surface area (Å²) in [5.41, 5.74) is 3.09. The van der Waals surface area contributed by atoms with Crippen LogP contribution in [0.3, 0.4) is 0 Å². The first-order valence-electron chi connectivity index (χ1n) is 12.1. The van der Waals surface area contributed by atoms with Gasteiger partial charge in [-0.15, -0.1) is 0 Å². The number of halogens is 3. The van der Waals surface area contributed by atoms with E-state index < -0.39 is 6.61 Å². The summed E-state index contributed by atoms with van der Waals surface area (Å²) in [6, 6.07) is 13.7. The van der Waals surface area contributed by atoms with Crippen LogP contribution in [0, 0.1) is 5.82 Å². The summed E-state index contributed by atoms with van der Waals surface area (Å²) in [5.74, 6) is 1.47. The molecule has 36 heavy (non-hydrogen) atoms. The highest BCUT2D eigenvalue weighted by Crippen LogP contribution is 2.41. The van der Waals surface area contributed by atoms with E-state index in [1.54, 1.807) is 30.5 Å². The number of hydrogen-bond donors (Lipinski definition) is 0. The van der Waals surface area contributed by atoms with Crippen molar-refractivity contribution in [1.29, 1.82) is 0 Å². The summed E-state index contributed by atoms with van der Waals surface area (Å²) in [4.78, 5) is 13.8. The number of pyridine rings is 1. The van der Waals surface area contributed by atoms with Crippen LogP contribution in [0.2, 0.25) is 0 Å². The number of hydrogen-bond acceptors (Lipinski definition) is 5. The fourth-order valence-corrected chi connectivity index (χ4v) is 5.33. The van der Waals surface area contributed by atoms with Crippen LogP contribution in [-0.4, -0.2) is 59.3 Å². The molecule has 186 valence electrons. The molecule has 4 aromatic rings. The number of piperazine rings is 1. The standard InChI is InChI=1S/C27H26F3N5O/c1-33-10-12-34(13-11-33)25-8-6-17(16-31-25)19-14-23-21(15-20(19)28)32-26-9-7-22(35(23)26)18-4-2-3-5-24(18)36-27(29)30/h2-6,8,14-16,22,27H,7,9-13H2,1H3/t22-/m0/s1. The predicted octanol–water partition coefficient (Wildman–Crippen LogP) is 5.13. The lowest BCUT2D eigenvalue weighted by atomic mass is 10.0. The summed E-state index contributed by atoms with van der Waals surface area (Å²) >= 11 is 0. The zero-order valence-corrected chi connectivity index (χ0v) is 19.9. The highest BCUT2D eigenvalue weighted by Gasteiger charge is 2.30. The number of imidazole rings is 1. The highest BCUT2D eigenvalue weighted by atomic mass is 19.3. The summed E-state index contributed by atoms with van der Waals surface area (Å²) < 4.78 is 48.1. The lowest BCUT2D eigenvalue weighted by molar-refractivity contribution is -0.0506. The second kappa shape index (κ2) is 9.13. The Morgan fingerprint density at radius 3 is 2.58 bits per heavy atom. The first-order chi connectivity index (χ1) is 17.5. The Morgan fingerprint density at radius 1 is 1.03 bits per heavy atom. The van der Waals surface area contributed by atoms with Crippen LogP contribution in [0.1, 0.15) is 23.9 Å². The maximum atomic E-state index is 15.2. The van der Waals surface area contributed by atoms with Gasteiger partial charge >= 0.3 is 6.61 Å². The molecule has 0 amide bonds. The summed E-state index contributed by atoms with van der Waals surface area (Å²) in [6.45, 7) is 0.863. The number of rotatable bonds is 5. The van der Waals surface area contributed by atoms with Gasteiger partial charge < -0.3 is 19.1 Å². The Bertz CT molecular complexity index is 1400. The van der Waals surface area contributed by atoms with Gasteiger partial charge in [-0.25, -0.2) is 14.4 Å². The van der Waals surface area contributed by atoms with Gasteiger partial charge in [-0.05, 0) is 37.7 Å². The number of aromatic nitrogens is 3. The molecule has 2 aromatic carbocycles. The molecule has 2 aliphatic rings. The second-order valence-electron chi connectivity index (χ2n) is 9.39. The van der Waals surface area contributed by atoms with E-state index in [4.69, 9.17) is 4.74 Å². The van der Waals surface area contributed by atoms with Gasteiger partial charge in [0.15, 0.2) is 0 Å². The van der Waals surface area contributed by atoms with E-state index in [2.05, 4.69) is 26.8 Å². The van der Waals surface area contributed by atoms with Crippen molar-refractivity contribution in [2.75, 3.05) is 38.1 Å². The van der Waals surface area contributed by atoms with Crippen LogP contribution < -0.4 is 9.64 Å². The molecule has 0 N–H and O–H groups in total. The minimum Gasteiger partial charge on any atom is -0.434 e. The third kappa shape index (κ3) is 4.07. The van der Waals surface area contributed by atoms with Crippen LogP contribution >= 0.6 is 0 Å². The number of benzene rings is 2. The molecular weight excluding hydrogens is 467 g/mol. The average Bonchev–Trinajstić information content (AvgIpc) is 3.43. The highest BCUT2D eigenvalue weighted by molar-refractivity contribution is 5.84. The fourth-order valence-electron chi connectivity index (χ4n) is 5.33. The van der Waals surface area contributed by atoms with E-state index >= 15 is 4.39 Å². The van der Waals surface area contributed by atoms with Crippen LogP contribution in [0.4, 0.5) is 19.0 Å². The number of para-hydroxylation sites is 1. The molecule has 6 rings (SSSR count). The van der Waals surface area contributed by atoms with Gasteiger partial charge in [-0.2, -0.15) is 8.78 Å². The van der Waals surface area contributed by atoms with E-state index in [-0.39, 0.29) is 17.6 Å². The van der Waals surface area contributed by atoms with Gasteiger partial charge in [0, 0.05) is 61.6 Å². The first-order valence-corrected chi connectivity index (χ1v) is 12.1. The van der Waals surface area contributed by atoms with Crippen LogP contribution in [0.15, 0.2) is 54.7 Å². The van der Waals surface area contributed by atoms with Crippen molar-refractivity contribution in [2.45, 2.75) is 25.5 Å². The molecule has 0 bridgehead atoms. The lowest BCUT2D eigenvalue weighted by Gasteiger charge is -2.33. The molecular formula is C27H26F3N5O. The number of fused-ring (bicyclic) bond motifs is 3. The SMILES string of the molecule is CN1CCN(c2ccc(-c3cc4c(cc3F)nc3n4[C@H](c4ccccc4OC(F)F)CC3)cn2)CC1. The minimum absolute atomic E-state index is 0.151. The predicted molar refractivity (Wildman–Crippen MR) is 132 cm³/mol. The smallest absolute Gasteiger partial charge is 0.387 e. The van der Waals surface area contributed by atoms with Gasteiger partial charge in [-0.1, -0.05) is 18.2 Å². The fraction of sp³-hybridized carbons (Fsp3) is 0.333. The quantitative estimate of drug-likeness (QED) is 0.386. The number of anilines is 1. The number of likely N-dealkylation sites (N-methyl/N-ethyl adjacent to an activating group) is 1. The normalized spacial score (nSPS) is 18.2. The Kier molecular flexibility index (Phi) is 5.79. The Morgan fingerprint density at radius 2 is 1.83 bits per heavy atom. The summed E-state index contributed by atoms with van der Waals surface area (Å²) in [6.07, 6.45) is 3.08. The number of aryl methyl sites for hydroxylation is 1. The number of nitrogens with zero attached hydrogens (tertiary/aromatic N) is 5. The Balaban J connectivity index is 1.37. The molecule has 0 aliphatic carbocycles. The van der Waals surface area contributed by atoms with Crippen LogP contribution in [0.5, 0.6) is 5.75 Å². The third-order valence-corrected chi connectivity index (χ3v) is 7.18. The Labute approximate surface area is 206 Å². The zero-order valence-electron chi connectivity index (χ0n) is 19.9. The molecule has 2 aromatic heterocycles. The second-order valence-corrected chi connectivity index (χ2v) is 9.39. The molecule has 9 heteroatoms. The molecule has 6 nitrogen and oxygen atoms in total. The van der Waals surface area contributed by atoms with E-state index in [1.807, 2.05) is 22.8 Å². The topological polar surface area (TPSA) is 46.4 Å². The van der Waals surface area contributed by atoms with Crippen molar-refractivity contribution in [2.24, 2.45) is 0 Å². The minimum atomic E-state index is -2.91. The molecule has 1 saturated heterocycles. The first kappa shape index (κ1) is 22.8. The molecule has 2 aliphatic heterocycles. The summed E-state index contributed by atoms with van der Waals surface area (Å²) in [5, 5.41) is 0. The van der Waals surface area contributed by atoms with Gasteiger partial charge in [0.1, 0.15) is 23.2 Å². The van der Waals surface area contributed by atoms with E-state index in [0.717, 1.165) is 43.3 Å². The molecule has 1 atom stereocenters. The van der Waals surface area contributed by atoms with Crippen LogP contribution in [-0.2, 0) is 6.42 Å². The van der Waals surface area contributed by atoms with Crippen molar-refractivity contribution < 1.29 is 17.9 Å². The number of alkyl halides is 2. The van der Waals surface area contributed by atoms with Gasteiger partial charge in [0.2, 0.25) is 0 Å². The Hall–Kier alpha value is -3.59. The maximum Gasteiger partial charge on any atom is 0.387 e. The van der Waals surface area contributed by atoms with Crippen molar-refractivity contribution in [3.05, 3.63) is 71.9 Å². The van der Waals surface area contributed by atoms with Crippen LogP contribution in [0.25, 0.3) is 22.2 Å².